The second-order valence-electron chi connectivity index (χ2n) is 7.85. The van der Waals surface area contributed by atoms with E-state index in [4.69, 9.17) is 4.74 Å². The predicted molar refractivity (Wildman–Crippen MR) is 92.4 cm³/mol. The molecule has 0 aliphatic carbocycles. The monoisotopic (exact) mass is 347 g/mol. The lowest BCUT2D eigenvalue weighted by Gasteiger charge is -2.42. The Labute approximate surface area is 147 Å². The van der Waals surface area contributed by atoms with Gasteiger partial charge in [-0.2, -0.15) is 0 Å². The SMILES string of the molecule is CC(C)(C)OC(=O)NCC(=O)N1C[C@H]2C[C@@H](C1)c1cccc(=O)n1C2. The van der Waals surface area contributed by atoms with Crippen LogP contribution in [0.4, 0.5) is 4.79 Å². The van der Waals surface area contributed by atoms with Crippen molar-refractivity contribution in [3.63, 3.8) is 0 Å². The van der Waals surface area contributed by atoms with Crippen LogP contribution < -0.4 is 10.9 Å². The first-order valence-corrected chi connectivity index (χ1v) is 8.67. The summed E-state index contributed by atoms with van der Waals surface area (Å²) >= 11 is 0. The third-order valence-electron chi connectivity index (χ3n) is 4.62. The van der Waals surface area contributed by atoms with Gasteiger partial charge in [0.25, 0.3) is 5.56 Å². The number of carbonyl (C=O) groups is 2. The van der Waals surface area contributed by atoms with Gasteiger partial charge in [0.2, 0.25) is 5.91 Å². The molecule has 3 heterocycles. The molecule has 0 spiro atoms. The van der Waals surface area contributed by atoms with Crippen molar-refractivity contribution in [1.82, 2.24) is 14.8 Å². The first kappa shape index (κ1) is 17.5. The number of alkyl carbamates (subject to hydrolysis) is 1. The summed E-state index contributed by atoms with van der Waals surface area (Å²) in [5.74, 6) is 0.330. The molecule has 1 aromatic heterocycles. The molecule has 25 heavy (non-hydrogen) atoms. The van der Waals surface area contributed by atoms with E-state index in [0.717, 1.165) is 12.1 Å². The number of carbonyl (C=O) groups excluding carboxylic acids is 2. The quantitative estimate of drug-likeness (QED) is 0.875. The van der Waals surface area contributed by atoms with Crippen LogP contribution in [0.1, 0.15) is 38.8 Å². The standard InChI is InChI=1S/C18H25N3O4/c1-18(2,3)25-17(24)19-8-16(23)20-9-12-7-13(11-20)14-5-4-6-15(22)21(14)10-12/h4-6,12-13H,7-11H2,1-3H3,(H,19,24)/t12-,13+/m1/s1. The highest BCUT2D eigenvalue weighted by molar-refractivity contribution is 5.82. The lowest BCUT2D eigenvalue weighted by atomic mass is 9.83. The molecule has 1 N–H and O–H groups in total. The van der Waals surface area contributed by atoms with Gasteiger partial charge in [-0.1, -0.05) is 6.07 Å². The Morgan fingerprint density at radius 1 is 1.24 bits per heavy atom. The van der Waals surface area contributed by atoms with Crippen LogP contribution in [-0.4, -0.2) is 46.7 Å². The fourth-order valence-corrected chi connectivity index (χ4v) is 3.67. The first-order valence-electron chi connectivity index (χ1n) is 8.67. The van der Waals surface area contributed by atoms with Crippen LogP contribution in [0, 0.1) is 5.92 Å². The highest BCUT2D eigenvalue weighted by atomic mass is 16.6. The minimum Gasteiger partial charge on any atom is -0.444 e. The van der Waals surface area contributed by atoms with E-state index in [2.05, 4.69) is 5.32 Å². The van der Waals surface area contributed by atoms with E-state index < -0.39 is 11.7 Å². The van der Waals surface area contributed by atoms with Gasteiger partial charge in [0.05, 0.1) is 0 Å². The number of piperidine rings is 1. The van der Waals surface area contributed by atoms with E-state index in [-0.39, 0.29) is 29.8 Å². The smallest absolute Gasteiger partial charge is 0.408 e. The molecule has 2 atom stereocenters. The number of nitrogens with one attached hydrogen (secondary N) is 1. The Hall–Kier alpha value is -2.31. The average Bonchev–Trinajstić information content (AvgIpc) is 2.52. The van der Waals surface area contributed by atoms with Crippen LogP contribution in [0.2, 0.25) is 0 Å². The Kier molecular flexibility index (Phi) is 4.58. The van der Waals surface area contributed by atoms with E-state index in [9.17, 15) is 14.4 Å². The maximum Gasteiger partial charge on any atom is 0.408 e. The molecule has 0 aromatic carbocycles. The van der Waals surface area contributed by atoms with Gasteiger partial charge in [0.15, 0.2) is 0 Å². The molecule has 0 radical (unpaired) electrons. The highest BCUT2D eigenvalue weighted by Crippen LogP contribution is 2.34. The molecule has 7 nitrogen and oxygen atoms in total. The Morgan fingerprint density at radius 3 is 2.72 bits per heavy atom. The van der Waals surface area contributed by atoms with Crippen molar-refractivity contribution >= 4 is 12.0 Å². The number of likely N-dealkylation sites (tertiary alicyclic amines) is 1. The van der Waals surface area contributed by atoms with Gasteiger partial charge >= 0.3 is 6.09 Å². The number of rotatable bonds is 2. The zero-order chi connectivity index (χ0) is 18.2. The molecule has 1 aromatic rings. The van der Waals surface area contributed by atoms with E-state index in [1.54, 1.807) is 37.8 Å². The topological polar surface area (TPSA) is 80.6 Å². The number of ether oxygens (including phenoxy) is 1. The van der Waals surface area contributed by atoms with Crippen molar-refractivity contribution in [3.05, 3.63) is 34.2 Å². The highest BCUT2D eigenvalue weighted by Gasteiger charge is 2.36. The molecule has 7 heteroatoms. The third-order valence-corrected chi connectivity index (χ3v) is 4.62. The Morgan fingerprint density at radius 2 is 2.00 bits per heavy atom. The second kappa shape index (κ2) is 6.54. The fourth-order valence-electron chi connectivity index (χ4n) is 3.67. The third kappa shape index (κ3) is 4.03. The molecule has 1 saturated heterocycles. The van der Waals surface area contributed by atoms with E-state index in [1.165, 1.54) is 0 Å². The number of pyridine rings is 1. The second-order valence-corrected chi connectivity index (χ2v) is 7.85. The molecule has 136 valence electrons. The number of aromatic nitrogens is 1. The van der Waals surface area contributed by atoms with Gasteiger partial charge in [-0.15, -0.1) is 0 Å². The number of nitrogens with zero attached hydrogens (tertiary/aromatic N) is 2. The van der Waals surface area contributed by atoms with Crippen molar-refractivity contribution in [2.45, 2.75) is 45.3 Å². The molecule has 3 rings (SSSR count). The van der Waals surface area contributed by atoms with E-state index >= 15 is 0 Å². The molecule has 2 amide bonds. The lowest BCUT2D eigenvalue weighted by Crippen LogP contribution is -2.51. The molecule has 2 aliphatic rings. The van der Waals surface area contributed by atoms with Crippen LogP contribution >= 0.6 is 0 Å². The van der Waals surface area contributed by atoms with Gasteiger partial charge < -0.3 is 19.5 Å². The Bertz CT molecular complexity index is 735. The van der Waals surface area contributed by atoms with Gasteiger partial charge in [0, 0.05) is 37.3 Å². The van der Waals surface area contributed by atoms with Crippen LogP contribution in [0.15, 0.2) is 23.0 Å². The maximum atomic E-state index is 12.5. The normalized spacial score (nSPS) is 22.1. The summed E-state index contributed by atoms with van der Waals surface area (Å²) in [7, 11) is 0. The van der Waals surface area contributed by atoms with Crippen molar-refractivity contribution in [3.8, 4) is 0 Å². The van der Waals surface area contributed by atoms with Crippen molar-refractivity contribution < 1.29 is 14.3 Å². The molecule has 2 aliphatic heterocycles. The van der Waals surface area contributed by atoms with Crippen LogP contribution in [0.25, 0.3) is 0 Å². The summed E-state index contributed by atoms with van der Waals surface area (Å²) in [4.78, 5) is 38.0. The molecule has 1 fully saturated rings. The summed E-state index contributed by atoms with van der Waals surface area (Å²) in [6.07, 6.45) is 0.405. The number of amides is 2. The van der Waals surface area contributed by atoms with Crippen LogP contribution in [0.3, 0.4) is 0 Å². The first-order chi connectivity index (χ1) is 11.7. The molecular formula is C18H25N3O4. The molecule has 0 saturated carbocycles. The maximum absolute atomic E-state index is 12.5. The predicted octanol–water partition coefficient (Wildman–Crippen LogP) is 1.32. The molecular weight excluding hydrogens is 322 g/mol. The van der Waals surface area contributed by atoms with Gasteiger partial charge in [0.1, 0.15) is 12.1 Å². The summed E-state index contributed by atoms with van der Waals surface area (Å²) < 4.78 is 6.98. The van der Waals surface area contributed by atoms with Crippen molar-refractivity contribution in [2.24, 2.45) is 5.92 Å². The zero-order valence-electron chi connectivity index (χ0n) is 14.9. The number of fused-ring (bicyclic) bond motifs is 4. The van der Waals surface area contributed by atoms with E-state index in [0.29, 0.717) is 19.6 Å². The summed E-state index contributed by atoms with van der Waals surface area (Å²) in [6.45, 7) is 7.10. The van der Waals surface area contributed by atoms with Crippen LogP contribution in [0.5, 0.6) is 0 Å². The number of hydrogen-bond donors (Lipinski definition) is 1. The largest absolute Gasteiger partial charge is 0.444 e. The lowest BCUT2D eigenvalue weighted by molar-refractivity contribution is -0.133. The fraction of sp³-hybridized carbons (Fsp3) is 0.611. The molecule has 0 unspecified atom stereocenters. The van der Waals surface area contributed by atoms with Crippen LogP contribution in [-0.2, 0) is 16.1 Å². The van der Waals surface area contributed by atoms with Crippen molar-refractivity contribution in [1.29, 1.82) is 0 Å². The number of hydrogen-bond acceptors (Lipinski definition) is 4. The van der Waals surface area contributed by atoms with Crippen molar-refractivity contribution in [2.75, 3.05) is 19.6 Å². The van der Waals surface area contributed by atoms with Gasteiger partial charge in [-0.05, 0) is 39.2 Å². The van der Waals surface area contributed by atoms with Gasteiger partial charge in [-0.25, -0.2) is 4.79 Å². The van der Waals surface area contributed by atoms with E-state index in [1.807, 2.05) is 10.6 Å². The average molecular weight is 347 g/mol. The summed E-state index contributed by atoms with van der Waals surface area (Å²) in [6, 6.07) is 5.33. The minimum atomic E-state index is -0.591. The summed E-state index contributed by atoms with van der Waals surface area (Å²) in [5.41, 5.74) is 0.437. The minimum absolute atomic E-state index is 0.0265. The Balaban J connectivity index is 1.62. The zero-order valence-corrected chi connectivity index (χ0v) is 14.9. The summed E-state index contributed by atoms with van der Waals surface area (Å²) in [5, 5.41) is 2.52. The molecule has 2 bridgehead atoms. The van der Waals surface area contributed by atoms with Gasteiger partial charge in [-0.3, -0.25) is 9.59 Å².